The van der Waals surface area contributed by atoms with E-state index in [1.54, 1.807) is 84.9 Å². The van der Waals surface area contributed by atoms with Crippen molar-refractivity contribution >= 4 is 39.2 Å². The van der Waals surface area contributed by atoms with E-state index >= 15 is 0 Å². The Morgan fingerprint density at radius 1 is 0.386 bits per heavy atom. The van der Waals surface area contributed by atoms with Gasteiger partial charge in [-0.05, 0) is 164 Å². The molecule has 0 spiro atoms. The number of hydrogen-bond acceptors (Lipinski definition) is 10. The van der Waals surface area contributed by atoms with Gasteiger partial charge in [0.15, 0.2) is 0 Å². The smallest absolute Gasteiger partial charge is 0.266 e. The zero-order valence-corrected chi connectivity index (χ0v) is 39.0. The van der Waals surface area contributed by atoms with E-state index in [1.807, 2.05) is 79.7 Å². The summed E-state index contributed by atoms with van der Waals surface area (Å²) >= 11 is 0. The van der Waals surface area contributed by atoms with Crippen molar-refractivity contribution in [2.75, 3.05) is 11.9 Å². The molecule has 346 valence electrons. The molecule has 0 fully saturated rings. The summed E-state index contributed by atoms with van der Waals surface area (Å²) in [6.07, 6.45) is 0. The lowest BCUT2D eigenvalue weighted by atomic mass is 9.78. The number of imide groups is 2. The summed E-state index contributed by atoms with van der Waals surface area (Å²) in [5, 5.41) is 0. The lowest BCUT2D eigenvalue weighted by molar-refractivity contribution is 0.0692. The molecule has 0 saturated carbocycles. The van der Waals surface area contributed by atoms with Crippen molar-refractivity contribution < 1.29 is 46.5 Å². The van der Waals surface area contributed by atoms with Gasteiger partial charge in [-0.3, -0.25) is 24.1 Å². The molecule has 0 N–H and O–H groups in total. The Balaban J connectivity index is 0.747. The highest BCUT2D eigenvalue weighted by Crippen LogP contribution is 2.38. The summed E-state index contributed by atoms with van der Waals surface area (Å²) < 4.78 is 50.8. The standard InChI is InChI=1S/C57H42N2O10S/c1-35-5-13-39(14-6-35)66-43-21-27-47(28-22-43)70(64,65)48-29-23-44(24-30-48)67-42-19-11-38(12-20-42)59-55(62)50-32-26-46(34-52(50)56(59)63)69-41-17-9-37(10-18-41)57(2,3)36-7-15-40(16-8-36)68-45-25-31-49-51(33-45)54(61)58(4)53(49)60/h5-34H,1-4H3. The highest BCUT2D eigenvalue weighted by molar-refractivity contribution is 7.91. The maximum atomic E-state index is 13.7. The lowest BCUT2D eigenvalue weighted by Crippen LogP contribution is -2.29. The summed E-state index contributed by atoms with van der Waals surface area (Å²) in [6.45, 7) is 6.19. The van der Waals surface area contributed by atoms with E-state index < -0.39 is 27.1 Å². The van der Waals surface area contributed by atoms with Gasteiger partial charge in [-0.1, -0.05) is 55.8 Å². The largest absolute Gasteiger partial charge is 0.457 e. The number of fused-ring (bicyclic) bond motifs is 2. The maximum Gasteiger partial charge on any atom is 0.266 e. The Kier molecular flexibility index (Phi) is 11.4. The quantitative estimate of drug-likeness (QED) is 0.102. The SMILES string of the molecule is Cc1ccc(Oc2ccc(S(=O)(=O)c3ccc(Oc4ccc(N5C(=O)c6ccc(Oc7ccc(C(C)(C)c8ccc(Oc9ccc%10c(c9)C(=O)N(C)C%10=O)cc8)cc7)cc6C5=O)cc4)cc3)cc2)cc1. The van der Waals surface area contributed by atoms with Gasteiger partial charge in [0.05, 0.1) is 37.7 Å². The van der Waals surface area contributed by atoms with Crippen molar-refractivity contribution in [1.29, 1.82) is 0 Å². The van der Waals surface area contributed by atoms with Crippen LogP contribution in [-0.2, 0) is 15.3 Å². The van der Waals surface area contributed by atoms with Crippen LogP contribution in [0.5, 0.6) is 46.0 Å². The minimum atomic E-state index is -3.82. The van der Waals surface area contributed by atoms with Gasteiger partial charge in [-0.2, -0.15) is 0 Å². The molecule has 0 aliphatic carbocycles. The normalized spacial score (nSPS) is 13.3. The van der Waals surface area contributed by atoms with E-state index in [2.05, 4.69) is 13.8 Å². The molecular formula is C57H42N2O10S. The van der Waals surface area contributed by atoms with Crippen LogP contribution in [0.25, 0.3) is 0 Å². The van der Waals surface area contributed by atoms with Crippen molar-refractivity contribution in [3.8, 4) is 46.0 Å². The third-order valence-corrected chi connectivity index (χ3v) is 14.2. The van der Waals surface area contributed by atoms with Crippen LogP contribution >= 0.6 is 0 Å². The average molecular weight is 947 g/mol. The third-order valence-electron chi connectivity index (χ3n) is 12.4. The first-order chi connectivity index (χ1) is 33.6. The topological polar surface area (TPSA) is 146 Å². The molecule has 4 amide bonds. The van der Waals surface area contributed by atoms with E-state index in [-0.39, 0.29) is 32.7 Å². The molecule has 12 nitrogen and oxygen atoms in total. The monoisotopic (exact) mass is 946 g/mol. The number of benzene rings is 8. The Labute approximate surface area is 403 Å². The molecule has 0 radical (unpaired) electrons. The Morgan fingerprint density at radius 3 is 1.14 bits per heavy atom. The fraction of sp³-hybridized carbons (Fsp3) is 0.0877. The Bertz CT molecular complexity index is 3480. The minimum Gasteiger partial charge on any atom is -0.457 e. The fourth-order valence-corrected chi connectivity index (χ4v) is 9.55. The van der Waals surface area contributed by atoms with Gasteiger partial charge in [-0.25, -0.2) is 13.3 Å². The molecule has 0 atom stereocenters. The Hall–Kier alpha value is -8.81. The number of hydrogen-bond donors (Lipinski definition) is 0. The number of nitrogens with zero attached hydrogens (tertiary/aromatic N) is 2. The minimum absolute atomic E-state index is 0.0928. The van der Waals surface area contributed by atoms with Crippen molar-refractivity contribution in [2.45, 2.75) is 36.0 Å². The molecule has 0 bridgehead atoms. The second-order valence-corrected chi connectivity index (χ2v) is 19.3. The Morgan fingerprint density at radius 2 is 0.700 bits per heavy atom. The van der Waals surface area contributed by atoms with E-state index in [0.29, 0.717) is 62.8 Å². The molecule has 70 heavy (non-hydrogen) atoms. The van der Waals surface area contributed by atoms with Crippen LogP contribution in [0.15, 0.2) is 192 Å². The number of rotatable bonds is 13. The predicted octanol–water partition coefficient (Wildman–Crippen LogP) is 12.3. The van der Waals surface area contributed by atoms with Gasteiger partial charge in [-0.15, -0.1) is 0 Å². The molecule has 13 heteroatoms. The number of sulfone groups is 1. The van der Waals surface area contributed by atoms with Crippen LogP contribution in [0.2, 0.25) is 0 Å². The third kappa shape index (κ3) is 8.54. The molecule has 2 heterocycles. The molecule has 0 unspecified atom stereocenters. The van der Waals surface area contributed by atoms with E-state index in [0.717, 1.165) is 26.5 Å². The average Bonchev–Trinajstić information content (AvgIpc) is 3.74. The van der Waals surface area contributed by atoms with Crippen LogP contribution in [0.4, 0.5) is 5.69 Å². The van der Waals surface area contributed by atoms with Gasteiger partial charge < -0.3 is 18.9 Å². The summed E-state index contributed by atoms with van der Waals surface area (Å²) in [6, 6.07) is 51.3. The van der Waals surface area contributed by atoms with Gasteiger partial charge in [0, 0.05) is 12.5 Å². The van der Waals surface area contributed by atoms with E-state index in [1.165, 1.54) is 31.3 Å². The number of carbonyl (C=O) groups excluding carboxylic acids is 4. The number of carbonyl (C=O) groups is 4. The number of aryl methyl sites for hydroxylation is 1. The van der Waals surface area contributed by atoms with Crippen LogP contribution in [0.3, 0.4) is 0 Å². The van der Waals surface area contributed by atoms with Gasteiger partial charge in [0.25, 0.3) is 23.6 Å². The summed E-state index contributed by atoms with van der Waals surface area (Å²) in [4.78, 5) is 54.4. The summed E-state index contributed by atoms with van der Waals surface area (Å²) in [7, 11) is -2.36. The van der Waals surface area contributed by atoms with Crippen LogP contribution in [0.1, 0.15) is 72.0 Å². The molecule has 0 saturated heterocycles. The predicted molar refractivity (Wildman–Crippen MR) is 262 cm³/mol. The molecule has 2 aliphatic heterocycles. The number of amides is 4. The summed E-state index contributed by atoms with van der Waals surface area (Å²) in [5.74, 6) is 2.27. The maximum absolute atomic E-state index is 13.7. The molecule has 2 aliphatic rings. The van der Waals surface area contributed by atoms with Crippen molar-refractivity contribution in [3.05, 3.63) is 221 Å². The van der Waals surface area contributed by atoms with Gasteiger partial charge in [0.1, 0.15) is 46.0 Å². The zero-order chi connectivity index (χ0) is 48.9. The first-order valence-electron chi connectivity index (χ1n) is 22.2. The number of ether oxygens (including phenoxy) is 4. The second kappa shape index (κ2) is 17.7. The van der Waals surface area contributed by atoms with Crippen molar-refractivity contribution in [3.63, 3.8) is 0 Å². The summed E-state index contributed by atoms with van der Waals surface area (Å²) in [5.41, 5.74) is 4.24. The molecule has 10 rings (SSSR count). The molecule has 8 aromatic carbocycles. The first kappa shape index (κ1) is 45.0. The van der Waals surface area contributed by atoms with E-state index in [4.69, 9.17) is 18.9 Å². The van der Waals surface area contributed by atoms with Crippen LogP contribution in [0, 0.1) is 6.92 Å². The highest BCUT2D eigenvalue weighted by atomic mass is 32.2. The van der Waals surface area contributed by atoms with Crippen LogP contribution < -0.4 is 23.8 Å². The zero-order valence-electron chi connectivity index (χ0n) is 38.2. The number of anilines is 1. The van der Waals surface area contributed by atoms with Gasteiger partial charge >= 0.3 is 0 Å². The van der Waals surface area contributed by atoms with Crippen molar-refractivity contribution in [2.24, 2.45) is 0 Å². The molecule has 8 aromatic rings. The van der Waals surface area contributed by atoms with Crippen LogP contribution in [-0.4, -0.2) is 44.0 Å². The van der Waals surface area contributed by atoms with Crippen molar-refractivity contribution in [1.82, 2.24) is 4.90 Å². The van der Waals surface area contributed by atoms with Gasteiger partial charge in [0.2, 0.25) is 9.84 Å². The fourth-order valence-electron chi connectivity index (χ4n) is 8.29. The highest BCUT2D eigenvalue weighted by Gasteiger charge is 2.37. The second-order valence-electron chi connectivity index (χ2n) is 17.4. The van der Waals surface area contributed by atoms with E-state index in [9.17, 15) is 27.6 Å². The lowest BCUT2D eigenvalue weighted by Gasteiger charge is -2.26. The molecule has 0 aromatic heterocycles. The first-order valence-corrected chi connectivity index (χ1v) is 23.6. The molecular weight excluding hydrogens is 905 g/mol.